The van der Waals surface area contributed by atoms with E-state index in [1.807, 2.05) is 30.9 Å². The molecule has 0 bridgehead atoms. The summed E-state index contributed by atoms with van der Waals surface area (Å²) in [5.74, 6) is 0.0444. The molecule has 3 rings (SSSR count). The van der Waals surface area contributed by atoms with Gasteiger partial charge in [-0.25, -0.2) is 4.79 Å². The minimum absolute atomic E-state index is 0.0217. The van der Waals surface area contributed by atoms with Gasteiger partial charge in [0.05, 0.1) is 6.54 Å². The molecule has 150 valence electrons. The smallest absolute Gasteiger partial charge is 0.317 e. The Morgan fingerprint density at radius 1 is 1.00 bits per heavy atom. The number of carbonyl (C=O) groups is 2. The van der Waals surface area contributed by atoms with Crippen molar-refractivity contribution in [2.75, 3.05) is 39.3 Å². The molecule has 0 saturated carbocycles. The van der Waals surface area contributed by atoms with Gasteiger partial charge >= 0.3 is 6.03 Å². The van der Waals surface area contributed by atoms with Crippen LogP contribution in [0.2, 0.25) is 0 Å². The van der Waals surface area contributed by atoms with Crippen molar-refractivity contribution in [1.29, 1.82) is 0 Å². The fraction of sp³-hybridized carbons (Fsp3) is 0.455. The third-order valence-electron chi connectivity index (χ3n) is 5.03. The van der Waals surface area contributed by atoms with Gasteiger partial charge in [0.2, 0.25) is 5.91 Å². The zero-order valence-corrected chi connectivity index (χ0v) is 16.8. The molecule has 2 aromatic rings. The molecule has 6 nitrogen and oxygen atoms in total. The van der Waals surface area contributed by atoms with Gasteiger partial charge in [-0.2, -0.15) is 0 Å². The number of urea groups is 1. The van der Waals surface area contributed by atoms with Crippen molar-refractivity contribution in [1.82, 2.24) is 20.4 Å². The molecule has 28 heavy (non-hydrogen) atoms. The van der Waals surface area contributed by atoms with Crippen molar-refractivity contribution in [2.45, 2.75) is 26.3 Å². The summed E-state index contributed by atoms with van der Waals surface area (Å²) in [4.78, 5) is 28.2. The lowest BCUT2D eigenvalue weighted by molar-refractivity contribution is -0.123. The highest BCUT2D eigenvalue weighted by molar-refractivity contribution is 5.85. The first-order valence-corrected chi connectivity index (χ1v) is 10.0. The first-order valence-electron chi connectivity index (χ1n) is 10.0. The van der Waals surface area contributed by atoms with Gasteiger partial charge in [0.25, 0.3) is 0 Å². The first-order chi connectivity index (χ1) is 13.5. The number of nitrogens with one attached hydrogen (secondary N) is 2. The van der Waals surface area contributed by atoms with Crippen LogP contribution < -0.4 is 10.6 Å². The molecular weight excluding hydrogens is 352 g/mol. The normalized spacial score (nSPS) is 15.0. The summed E-state index contributed by atoms with van der Waals surface area (Å²) in [5.41, 5.74) is 1.25. The van der Waals surface area contributed by atoms with Gasteiger partial charge in [0.15, 0.2) is 0 Å². The number of piperazine rings is 1. The van der Waals surface area contributed by atoms with Crippen LogP contribution in [0, 0.1) is 0 Å². The highest BCUT2D eigenvalue weighted by Crippen LogP contribution is 2.18. The molecule has 3 amide bonds. The Labute approximate surface area is 166 Å². The van der Waals surface area contributed by atoms with E-state index in [-0.39, 0.29) is 18.0 Å². The Balaban J connectivity index is 1.42. The zero-order valence-electron chi connectivity index (χ0n) is 16.8. The molecule has 2 aromatic carbocycles. The second-order valence-corrected chi connectivity index (χ2v) is 7.61. The number of carbonyl (C=O) groups excluding carboxylic acids is 2. The number of hydrogen-bond acceptors (Lipinski definition) is 3. The first kappa shape index (κ1) is 20.1. The second-order valence-electron chi connectivity index (χ2n) is 7.61. The van der Waals surface area contributed by atoms with Crippen molar-refractivity contribution in [2.24, 2.45) is 0 Å². The Morgan fingerprint density at radius 2 is 1.71 bits per heavy atom. The van der Waals surface area contributed by atoms with Gasteiger partial charge in [-0.3, -0.25) is 9.69 Å². The number of nitrogens with zero attached hydrogens (tertiary/aromatic N) is 2. The van der Waals surface area contributed by atoms with Crippen molar-refractivity contribution >= 4 is 22.7 Å². The van der Waals surface area contributed by atoms with E-state index < -0.39 is 0 Å². The average molecular weight is 383 g/mol. The molecule has 2 N–H and O–H groups in total. The highest BCUT2D eigenvalue weighted by atomic mass is 16.2. The lowest BCUT2D eigenvalue weighted by atomic mass is 10.0. The van der Waals surface area contributed by atoms with E-state index in [2.05, 4.69) is 45.9 Å². The molecule has 1 fully saturated rings. The summed E-state index contributed by atoms with van der Waals surface area (Å²) in [7, 11) is 0. The van der Waals surface area contributed by atoms with E-state index >= 15 is 0 Å². The van der Waals surface area contributed by atoms with Crippen molar-refractivity contribution in [3.8, 4) is 0 Å². The largest absolute Gasteiger partial charge is 0.353 e. The molecule has 0 atom stereocenters. The van der Waals surface area contributed by atoms with E-state index in [1.165, 1.54) is 16.3 Å². The van der Waals surface area contributed by atoms with Crippen molar-refractivity contribution < 1.29 is 9.59 Å². The van der Waals surface area contributed by atoms with Crippen LogP contribution in [0.5, 0.6) is 0 Å². The maximum absolute atomic E-state index is 12.4. The summed E-state index contributed by atoms with van der Waals surface area (Å²) < 4.78 is 0. The molecular formula is C22H30N4O2. The summed E-state index contributed by atoms with van der Waals surface area (Å²) >= 11 is 0. The predicted octanol–water partition coefficient (Wildman–Crippen LogP) is 2.23. The zero-order chi connectivity index (χ0) is 19.9. The van der Waals surface area contributed by atoms with E-state index in [4.69, 9.17) is 0 Å². The van der Waals surface area contributed by atoms with Crippen LogP contribution in [0.25, 0.3) is 10.8 Å². The minimum atomic E-state index is -0.0217. The van der Waals surface area contributed by atoms with Gasteiger partial charge < -0.3 is 15.5 Å². The Bertz CT molecular complexity index is 808. The number of hydrogen-bond donors (Lipinski definition) is 2. The molecule has 0 radical (unpaired) electrons. The highest BCUT2D eigenvalue weighted by Gasteiger charge is 2.22. The van der Waals surface area contributed by atoms with Crippen LogP contribution in [-0.2, 0) is 11.2 Å². The van der Waals surface area contributed by atoms with E-state index in [9.17, 15) is 9.59 Å². The van der Waals surface area contributed by atoms with Crippen LogP contribution in [-0.4, -0.2) is 67.0 Å². The molecule has 1 aliphatic rings. The number of benzene rings is 2. The fourth-order valence-electron chi connectivity index (χ4n) is 3.61. The molecule has 6 heteroatoms. The van der Waals surface area contributed by atoms with E-state index in [0.29, 0.717) is 26.2 Å². The Morgan fingerprint density at radius 3 is 2.46 bits per heavy atom. The molecule has 0 spiro atoms. The van der Waals surface area contributed by atoms with Crippen LogP contribution in [0.1, 0.15) is 19.4 Å². The number of amides is 3. The Kier molecular flexibility index (Phi) is 6.87. The van der Waals surface area contributed by atoms with Crippen LogP contribution in [0.3, 0.4) is 0 Å². The lowest BCUT2D eigenvalue weighted by Crippen LogP contribution is -2.53. The molecule has 0 aromatic heterocycles. The summed E-state index contributed by atoms with van der Waals surface area (Å²) in [6.45, 7) is 7.67. The fourth-order valence-corrected chi connectivity index (χ4v) is 3.61. The van der Waals surface area contributed by atoms with Gasteiger partial charge in [-0.15, -0.1) is 0 Å². The molecule has 1 saturated heterocycles. The third kappa shape index (κ3) is 5.45. The SMILES string of the molecule is CC(C)NC(=O)CN1CCN(C(=O)NCCc2cccc3ccccc23)CC1. The second kappa shape index (κ2) is 9.55. The lowest BCUT2D eigenvalue weighted by Gasteiger charge is -2.34. The minimum Gasteiger partial charge on any atom is -0.353 e. The van der Waals surface area contributed by atoms with Crippen molar-refractivity contribution in [3.05, 3.63) is 48.0 Å². The molecule has 1 heterocycles. The predicted molar refractivity (Wildman–Crippen MR) is 112 cm³/mol. The van der Waals surface area contributed by atoms with Gasteiger partial charge in [0.1, 0.15) is 0 Å². The summed E-state index contributed by atoms with van der Waals surface area (Å²) in [5, 5.41) is 8.41. The topological polar surface area (TPSA) is 64.7 Å². The van der Waals surface area contributed by atoms with Crippen LogP contribution in [0.4, 0.5) is 4.79 Å². The van der Waals surface area contributed by atoms with Crippen LogP contribution >= 0.6 is 0 Å². The maximum atomic E-state index is 12.4. The molecule has 1 aliphatic heterocycles. The number of rotatable bonds is 6. The van der Waals surface area contributed by atoms with E-state index in [0.717, 1.165) is 19.5 Å². The molecule has 0 aliphatic carbocycles. The van der Waals surface area contributed by atoms with Gasteiger partial charge in [-0.1, -0.05) is 42.5 Å². The van der Waals surface area contributed by atoms with Crippen molar-refractivity contribution in [3.63, 3.8) is 0 Å². The summed E-state index contributed by atoms with van der Waals surface area (Å²) in [6, 6.07) is 14.8. The standard InChI is InChI=1S/C22H30N4O2/c1-17(2)24-21(27)16-25-12-14-26(15-13-25)22(28)23-11-10-19-8-5-7-18-6-3-4-9-20(18)19/h3-9,17H,10-16H2,1-2H3,(H,23,28)(H,24,27). The van der Waals surface area contributed by atoms with Gasteiger partial charge in [-0.05, 0) is 36.6 Å². The third-order valence-corrected chi connectivity index (χ3v) is 5.03. The monoisotopic (exact) mass is 382 g/mol. The number of fused-ring (bicyclic) bond motifs is 1. The van der Waals surface area contributed by atoms with Gasteiger partial charge in [0, 0.05) is 38.8 Å². The molecule has 0 unspecified atom stereocenters. The quantitative estimate of drug-likeness (QED) is 0.805. The summed E-state index contributed by atoms with van der Waals surface area (Å²) in [6.07, 6.45) is 0.808. The van der Waals surface area contributed by atoms with Crippen LogP contribution in [0.15, 0.2) is 42.5 Å². The Hall–Kier alpha value is -2.60. The van der Waals surface area contributed by atoms with E-state index in [1.54, 1.807) is 0 Å². The average Bonchev–Trinajstić information content (AvgIpc) is 2.68. The maximum Gasteiger partial charge on any atom is 0.317 e.